The van der Waals surface area contributed by atoms with Crippen molar-refractivity contribution in [3.63, 3.8) is 0 Å². The van der Waals surface area contributed by atoms with Crippen LogP contribution >= 0.6 is 8.25 Å². The smallest absolute Gasteiger partial charge is 0.430 e. The maximum Gasteiger partial charge on any atom is 0.432 e. The minimum Gasteiger partial charge on any atom is -0.430 e. The number of hydrogen-bond acceptors (Lipinski definition) is 3. The second kappa shape index (κ2) is 9.46. The molecule has 0 saturated heterocycles. The minimum atomic E-state index is -3.13. The molecule has 0 heterocycles. The van der Waals surface area contributed by atoms with Gasteiger partial charge in [0, 0.05) is 0 Å². The summed E-state index contributed by atoms with van der Waals surface area (Å²) in [7, 11) is -3.88. The van der Waals surface area contributed by atoms with Crippen molar-refractivity contribution in [2.24, 2.45) is 0 Å². The Bertz CT molecular complexity index is 39.3. The molecule has 0 amide bonds. The summed E-state index contributed by atoms with van der Waals surface area (Å²) in [4.78, 5) is 14.3. The first-order valence-corrected chi connectivity index (χ1v) is 2.59. The predicted octanol–water partition coefficient (Wildman–Crippen LogP) is -2.40. The standard InChI is InChI=1S/BH3O2.H3O3P/c2-1-3;1-4(2)3/h1-3H;4H,(H2,1,2,3). The van der Waals surface area contributed by atoms with Crippen LogP contribution in [0.15, 0.2) is 0 Å². The molecule has 0 bridgehead atoms. The van der Waals surface area contributed by atoms with Gasteiger partial charge in [0.2, 0.25) is 0 Å². The topological polar surface area (TPSA) is 98.0 Å². The van der Waals surface area contributed by atoms with Gasteiger partial charge in [0.25, 0.3) is 0 Å². The Kier molecular flexibility index (Phi) is 13.8. The quantitative estimate of drug-likeness (QED) is 0.215. The zero-order valence-electron chi connectivity index (χ0n) is 3.40. The van der Waals surface area contributed by atoms with Gasteiger partial charge in [0.05, 0.1) is 0 Å². The van der Waals surface area contributed by atoms with Gasteiger partial charge in [-0.15, -0.1) is 0 Å². The summed E-state index contributed by atoms with van der Waals surface area (Å²) in [5, 5.41) is 14.2. The Morgan fingerprint density at radius 2 is 1.29 bits per heavy atom. The third-order valence-corrected chi connectivity index (χ3v) is 0. The molecule has 0 aliphatic rings. The van der Waals surface area contributed by atoms with E-state index in [-0.39, 0.29) is 0 Å². The first kappa shape index (κ1) is 10.2. The van der Waals surface area contributed by atoms with Gasteiger partial charge in [0.1, 0.15) is 0 Å². The fourth-order valence-corrected chi connectivity index (χ4v) is 0. The van der Waals surface area contributed by atoms with Crippen molar-refractivity contribution in [3.05, 3.63) is 0 Å². The first-order valence-electron chi connectivity index (χ1n) is 1.28. The van der Waals surface area contributed by atoms with Crippen molar-refractivity contribution >= 4 is 15.9 Å². The van der Waals surface area contributed by atoms with Crippen LogP contribution in [0.4, 0.5) is 0 Å². The molecular formula is H6BO5P. The van der Waals surface area contributed by atoms with Crippen molar-refractivity contribution < 1.29 is 24.4 Å². The second-order valence-corrected chi connectivity index (χ2v) is 0.989. The molecular weight excluding hydrogens is 122 g/mol. The van der Waals surface area contributed by atoms with Gasteiger partial charge >= 0.3 is 15.9 Å². The highest BCUT2D eigenvalue weighted by molar-refractivity contribution is 7.30. The van der Waals surface area contributed by atoms with Gasteiger partial charge in [0.15, 0.2) is 0 Å². The van der Waals surface area contributed by atoms with E-state index >= 15 is 0 Å². The lowest BCUT2D eigenvalue weighted by Crippen LogP contribution is -1.75. The SMILES string of the molecule is O=[PH](O)O.OBO. The molecule has 4 N–H and O–H groups in total. The molecule has 7 heavy (non-hydrogen) atoms. The van der Waals surface area contributed by atoms with Crippen LogP contribution in [0.1, 0.15) is 0 Å². The van der Waals surface area contributed by atoms with E-state index in [0.717, 1.165) is 0 Å². The minimum absolute atomic E-state index is 0.750. The van der Waals surface area contributed by atoms with Crippen molar-refractivity contribution in [3.8, 4) is 0 Å². The van der Waals surface area contributed by atoms with E-state index in [1.165, 1.54) is 0 Å². The van der Waals surface area contributed by atoms with Crippen LogP contribution in [-0.4, -0.2) is 27.5 Å². The Balaban J connectivity index is 0. The van der Waals surface area contributed by atoms with Crippen molar-refractivity contribution in [1.82, 2.24) is 0 Å². The monoisotopic (exact) mass is 128 g/mol. The number of rotatable bonds is 0. The van der Waals surface area contributed by atoms with Gasteiger partial charge in [-0.1, -0.05) is 0 Å². The molecule has 5 nitrogen and oxygen atoms in total. The summed E-state index contributed by atoms with van der Waals surface area (Å²) >= 11 is 0. The summed E-state index contributed by atoms with van der Waals surface area (Å²) in [5.74, 6) is 0. The third-order valence-electron chi connectivity index (χ3n) is 0. The summed E-state index contributed by atoms with van der Waals surface area (Å²) in [6.07, 6.45) is 0. The molecule has 7 heteroatoms. The van der Waals surface area contributed by atoms with E-state index in [1.54, 1.807) is 0 Å². The van der Waals surface area contributed by atoms with E-state index in [2.05, 4.69) is 0 Å². The summed E-state index contributed by atoms with van der Waals surface area (Å²) < 4.78 is 8.74. The fourth-order valence-electron chi connectivity index (χ4n) is 0. The normalized spacial score (nSPS) is 7.00. The Morgan fingerprint density at radius 1 is 1.29 bits per heavy atom. The number of hydrogen-bond donors (Lipinski definition) is 4. The third kappa shape index (κ3) is 5760. The highest BCUT2D eigenvalue weighted by Crippen LogP contribution is 1.98. The average Bonchev–Trinajstić information content (AvgIpc) is 1.33. The average molecular weight is 128 g/mol. The second-order valence-electron chi connectivity index (χ2n) is 0.424. The molecule has 0 atom stereocenters. The lowest BCUT2D eigenvalue weighted by Gasteiger charge is -1.61. The van der Waals surface area contributed by atoms with Gasteiger partial charge < -0.3 is 19.8 Å². The molecule has 0 saturated carbocycles. The Hall–Kier alpha value is 0.135. The zero-order chi connectivity index (χ0) is 6.28. The van der Waals surface area contributed by atoms with Crippen LogP contribution in [0, 0.1) is 0 Å². The molecule has 0 spiro atoms. The molecule has 0 aromatic rings. The zero-order valence-corrected chi connectivity index (χ0v) is 4.40. The molecule has 0 rings (SSSR count). The summed E-state index contributed by atoms with van der Waals surface area (Å²) in [6.45, 7) is 0. The fraction of sp³-hybridized carbons (Fsp3) is 0. The van der Waals surface area contributed by atoms with Gasteiger partial charge in [-0.05, 0) is 0 Å². The summed E-state index contributed by atoms with van der Waals surface area (Å²) in [5.41, 5.74) is 0. The van der Waals surface area contributed by atoms with Crippen LogP contribution in [0.3, 0.4) is 0 Å². The molecule has 0 aromatic carbocycles. The van der Waals surface area contributed by atoms with E-state index in [1.807, 2.05) is 0 Å². The van der Waals surface area contributed by atoms with Crippen molar-refractivity contribution in [2.75, 3.05) is 0 Å². The first-order chi connectivity index (χ1) is 3.15. The van der Waals surface area contributed by atoms with E-state index < -0.39 is 15.9 Å². The Labute approximate surface area is 41.5 Å². The van der Waals surface area contributed by atoms with E-state index in [4.69, 9.17) is 24.4 Å². The molecule has 0 unspecified atom stereocenters. The lowest BCUT2D eigenvalue weighted by atomic mass is 10.5. The van der Waals surface area contributed by atoms with Crippen LogP contribution in [-0.2, 0) is 4.57 Å². The summed E-state index contributed by atoms with van der Waals surface area (Å²) in [6, 6.07) is 0. The molecule has 0 radical (unpaired) electrons. The predicted molar refractivity (Wildman–Crippen MR) is 25.0 cm³/mol. The molecule has 0 aliphatic heterocycles. The van der Waals surface area contributed by atoms with Crippen LogP contribution in [0.5, 0.6) is 0 Å². The van der Waals surface area contributed by atoms with Crippen LogP contribution < -0.4 is 0 Å². The van der Waals surface area contributed by atoms with Crippen molar-refractivity contribution in [2.45, 2.75) is 0 Å². The van der Waals surface area contributed by atoms with Gasteiger partial charge in [-0.2, -0.15) is 0 Å². The molecule has 0 fully saturated rings. The largest absolute Gasteiger partial charge is 0.432 e. The van der Waals surface area contributed by atoms with Gasteiger partial charge in [-0.25, -0.2) is 0 Å². The molecule has 0 aliphatic carbocycles. The van der Waals surface area contributed by atoms with E-state index in [0.29, 0.717) is 0 Å². The highest BCUT2D eigenvalue weighted by Gasteiger charge is 1.61. The lowest BCUT2D eigenvalue weighted by molar-refractivity contribution is 0.405. The van der Waals surface area contributed by atoms with Crippen LogP contribution in [0.25, 0.3) is 0 Å². The highest BCUT2D eigenvalue weighted by atomic mass is 31.1. The van der Waals surface area contributed by atoms with Crippen molar-refractivity contribution in [1.29, 1.82) is 0 Å². The molecule has 0 aromatic heterocycles. The molecule has 44 valence electrons. The van der Waals surface area contributed by atoms with Gasteiger partial charge in [-0.3, -0.25) is 4.57 Å². The maximum atomic E-state index is 8.74. The van der Waals surface area contributed by atoms with E-state index in [9.17, 15) is 0 Å². The Morgan fingerprint density at radius 3 is 1.29 bits per heavy atom. The van der Waals surface area contributed by atoms with Crippen LogP contribution in [0.2, 0.25) is 0 Å². The maximum absolute atomic E-state index is 8.74.